The molecule has 0 aromatic carbocycles. The second-order valence-corrected chi connectivity index (χ2v) is 6.46. The van der Waals surface area contributed by atoms with E-state index < -0.39 is 48.4 Å². The first-order chi connectivity index (χ1) is 12.1. The summed E-state index contributed by atoms with van der Waals surface area (Å²) in [5, 5.41) is 15.9. The molecular weight excluding hydrogens is 342 g/mol. The summed E-state index contributed by atoms with van der Waals surface area (Å²) in [5.41, 5.74) is 11.2. The summed E-state index contributed by atoms with van der Waals surface area (Å²) >= 11 is 0. The standard InChI is InChI=1S/C16H31N5O5/c1-9(2)13(18)16(26)20-10(3)14(24)21-11(6-4-5-7-17)15(25)19-8-12(22)23/h9-11,13H,4-8,17-18H2,1-3H3,(H,19,25)(H,20,26)(H,21,24)(H,22,23). The van der Waals surface area contributed by atoms with Crippen LogP contribution in [0.25, 0.3) is 0 Å². The number of nitrogens with two attached hydrogens (primary N) is 2. The van der Waals surface area contributed by atoms with Crippen LogP contribution < -0.4 is 27.4 Å². The van der Waals surface area contributed by atoms with Crippen molar-refractivity contribution in [2.24, 2.45) is 17.4 Å². The largest absolute Gasteiger partial charge is 0.480 e. The first kappa shape index (κ1) is 23.8. The van der Waals surface area contributed by atoms with Crippen molar-refractivity contribution in [1.29, 1.82) is 0 Å². The van der Waals surface area contributed by atoms with Gasteiger partial charge in [-0.05, 0) is 38.6 Å². The fourth-order valence-electron chi connectivity index (χ4n) is 2.02. The van der Waals surface area contributed by atoms with Crippen LogP contribution >= 0.6 is 0 Å². The average Bonchev–Trinajstić information content (AvgIpc) is 2.57. The molecule has 0 fully saturated rings. The highest BCUT2D eigenvalue weighted by Gasteiger charge is 2.26. The van der Waals surface area contributed by atoms with E-state index in [-0.39, 0.29) is 5.92 Å². The van der Waals surface area contributed by atoms with Gasteiger partial charge in [-0.15, -0.1) is 0 Å². The SMILES string of the molecule is CC(NC(=O)C(N)C(C)C)C(=O)NC(CCCCN)C(=O)NCC(=O)O. The lowest BCUT2D eigenvalue weighted by atomic mass is 10.0. The number of carbonyl (C=O) groups excluding carboxylic acids is 3. The van der Waals surface area contributed by atoms with Gasteiger partial charge in [-0.2, -0.15) is 0 Å². The van der Waals surface area contributed by atoms with E-state index in [1.807, 2.05) is 0 Å². The van der Waals surface area contributed by atoms with Crippen molar-refractivity contribution in [2.75, 3.05) is 13.1 Å². The van der Waals surface area contributed by atoms with Gasteiger partial charge in [-0.25, -0.2) is 0 Å². The van der Waals surface area contributed by atoms with Crippen LogP contribution in [0.4, 0.5) is 0 Å². The van der Waals surface area contributed by atoms with Gasteiger partial charge in [-0.3, -0.25) is 19.2 Å². The molecule has 3 unspecified atom stereocenters. The number of rotatable bonds is 12. The molecule has 0 bridgehead atoms. The van der Waals surface area contributed by atoms with Crippen LogP contribution in [0.3, 0.4) is 0 Å². The molecule has 0 aliphatic rings. The van der Waals surface area contributed by atoms with Gasteiger partial charge >= 0.3 is 5.97 Å². The minimum Gasteiger partial charge on any atom is -0.480 e. The molecule has 0 rings (SSSR count). The number of nitrogens with one attached hydrogen (secondary N) is 3. The van der Waals surface area contributed by atoms with Gasteiger partial charge in [0.25, 0.3) is 0 Å². The summed E-state index contributed by atoms with van der Waals surface area (Å²) in [7, 11) is 0. The van der Waals surface area contributed by atoms with E-state index in [0.29, 0.717) is 25.8 Å². The normalized spacial score (nSPS) is 14.2. The summed E-state index contributed by atoms with van der Waals surface area (Å²) < 4.78 is 0. The Morgan fingerprint density at radius 1 is 0.962 bits per heavy atom. The number of hydrogen-bond donors (Lipinski definition) is 6. The van der Waals surface area contributed by atoms with Crippen LogP contribution in [0.2, 0.25) is 0 Å². The number of carbonyl (C=O) groups is 4. The highest BCUT2D eigenvalue weighted by atomic mass is 16.4. The summed E-state index contributed by atoms with van der Waals surface area (Å²) in [4.78, 5) is 46.9. The van der Waals surface area contributed by atoms with E-state index in [9.17, 15) is 19.2 Å². The fourth-order valence-corrected chi connectivity index (χ4v) is 2.02. The topological polar surface area (TPSA) is 177 Å². The van der Waals surface area contributed by atoms with Gasteiger partial charge in [0.15, 0.2) is 0 Å². The van der Waals surface area contributed by atoms with Crippen molar-refractivity contribution in [1.82, 2.24) is 16.0 Å². The monoisotopic (exact) mass is 373 g/mol. The lowest BCUT2D eigenvalue weighted by molar-refractivity contribution is -0.138. The molecule has 10 nitrogen and oxygen atoms in total. The molecular formula is C16H31N5O5. The van der Waals surface area contributed by atoms with Crippen molar-refractivity contribution in [3.05, 3.63) is 0 Å². The molecule has 0 saturated carbocycles. The van der Waals surface area contributed by atoms with E-state index >= 15 is 0 Å². The molecule has 3 atom stereocenters. The number of unbranched alkanes of at least 4 members (excludes halogenated alkanes) is 1. The molecule has 0 aliphatic carbocycles. The van der Waals surface area contributed by atoms with E-state index in [1.54, 1.807) is 13.8 Å². The fraction of sp³-hybridized carbons (Fsp3) is 0.750. The molecule has 0 spiro atoms. The van der Waals surface area contributed by atoms with E-state index in [0.717, 1.165) is 0 Å². The van der Waals surface area contributed by atoms with Gasteiger partial charge in [0.2, 0.25) is 17.7 Å². The third-order valence-electron chi connectivity index (χ3n) is 3.77. The molecule has 0 saturated heterocycles. The van der Waals surface area contributed by atoms with Crippen molar-refractivity contribution in [3.63, 3.8) is 0 Å². The molecule has 150 valence electrons. The number of amides is 3. The highest BCUT2D eigenvalue weighted by molar-refractivity contribution is 5.93. The van der Waals surface area contributed by atoms with E-state index in [2.05, 4.69) is 16.0 Å². The lowest BCUT2D eigenvalue weighted by Crippen LogP contribution is -2.55. The van der Waals surface area contributed by atoms with Gasteiger partial charge in [-0.1, -0.05) is 13.8 Å². The lowest BCUT2D eigenvalue weighted by Gasteiger charge is -2.22. The van der Waals surface area contributed by atoms with Crippen LogP contribution in [0, 0.1) is 5.92 Å². The molecule has 10 heteroatoms. The summed E-state index contributed by atoms with van der Waals surface area (Å²) in [6, 6.07) is -2.55. The summed E-state index contributed by atoms with van der Waals surface area (Å²) in [5.74, 6) is -2.89. The number of carboxylic acids is 1. The van der Waals surface area contributed by atoms with Gasteiger partial charge in [0, 0.05) is 0 Å². The van der Waals surface area contributed by atoms with Crippen LogP contribution in [0.1, 0.15) is 40.0 Å². The second-order valence-electron chi connectivity index (χ2n) is 6.46. The maximum atomic E-state index is 12.3. The molecule has 0 heterocycles. The third-order valence-corrected chi connectivity index (χ3v) is 3.77. The number of aliphatic carboxylic acids is 1. The zero-order valence-electron chi connectivity index (χ0n) is 15.6. The number of carboxylic acid groups (broad SMARTS) is 1. The molecule has 0 aliphatic heterocycles. The van der Waals surface area contributed by atoms with Crippen LogP contribution in [0.15, 0.2) is 0 Å². The van der Waals surface area contributed by atoms with Gasteiger partial charge < -0.3 is 32.5 Å². The first-order valence-corrected chi connectivity index (χ1v) is 8.66. The zero-order valence-corrected chi connectivity index (χ0v) is 15.6. The molecule has 0 aromatic rings. The third kappa shape index (κ3) is 9.33. The Morgan fingerprint density at radius 2 is 1.58 bits per heavy atom. The maximum Gasteiger partial charge on any atom is 0.322 e. The molecule has 3 amide bonds. The van der Waals surface area contributed by atoms with Crippen molar-refractivity contribution in [2.45, 2.75) is 58.2 Å². The Labute approximate surface area is 153 Å². The molecule has 0 aromatic heterocycles. The second kappa shape index (κ2) is 12.2. The van der Waals surface area contributed by atoms with E-state index in [4.69, 9.17) is 16.6 Å². The molecule has 8 N–H and O–H groups in total. The van der Waals surface area contributed by atoms with Crippen LogP contribution in [0.5, 0.6) is 0 Å². The Kier molecular flexibility index (Phi) is 11.2. The predicted octanol–water partition coefficient (Wildman–Crippen LogP) is -1.71. The average molecular weight is 373 g/mol. The number of hydrogen-bond acceptors (Lipinski definition) is 6. The van der Waals surface area contributed by atoms with Crippen molar-refractivity contribution >= 4 is 23.7 Å². The Morgan fingerprint density at radius 3 is 2.08 bits per heavy atom. The summed E-state index contributed by atoms with van der Waals surface area (Å²) in [6.07, 6.45) is 1.55. The van der Waals surface area contributed by atoms with Crippen molar-refractivity contribution in [3.8, 4) is 0 Å². The summed E-state index contributed by atoms with van der Waals surface area (Å²) in [6.45, 7) is 4.95. The minimum atomic E-state index is -1.19. The zero-order chi connectivity index (χ0) is 20.3. The van der Waals surface area contributed by atoms with E-state index in [1.165, 1.54) is 6.92 Å². The Bertz CT molecular complexity index is 497. The predicted molar refractivity (Wildman–Crippen MR) is 95.9 cm³/mol. The minimum absolute atomic E-state index is 0.0870. The van der Waals surface area contributed by atoms with Crippen LogP contribution in [-0.4, -0.2) is 60.0 Å². The Balaban J connectivity index is 4.78. The Hall–Kier alpha value is -2.20. The molecule has 0 radical (unpaired) electrons. The smallest absolute Gasteiger partial charge is 0.322 e. The maximum absolute atomic E-state index is 12.3. The van der Waals surface area contributed by atoms with Gasteiger partial charge in [0.1, 0.15) is 18.6 Å². The quantitative estimate of drug-likeness (QED) is 0.221. The van der Waals surface area contributed by atoms with Crippen LogP contribution in [-0.2, 0) is 19.2 Å². The van der Waals surface area contributed by atoms with Crippen molar-refractivity contribution < 1.29 is 24.3 Å². The molecule has 26 heavy (non-hydrogen) atoms. The highest BCUT2D eigenvalue weighted by Crippen LogP contribution is 2.03. The first-order valence-electron chi connectivity index (χ1n) is 8.66. The van der Waals surface area contributed by atoms with Gasteiger partial charge in [0.05, 0.1) is 6.04 Å².